The Hall–Kier alpha value is 0.650. The van der Waals surface area contributed by atoms with Crippen molar-refractivity contribution in [2.24, 2.45) is 0 Å². The van der Waals surface area contributed by atoms with Gasteiger partial charge in [-0.05, 0) is 0 Å². The summed E-state index contributed by atoms with van der Waals surface area (Å²) in [5.74, 6) is 0. The van der Waals surface area contributed by atoms with Crippen LogP contribution in [0.5, 0.6) is 0 Å². The molecule has 0 aliphatic heterocycles. The zero-order valence-corrected chi connectivity index (χ0v) is 8.97. The normalized spacial score (nSPS) is 11.2. The van der Waals surface area contributed by atoms with Gasteiger partial charge in [0.05, 0.1) is 0 Å². The summed E-state index contributed by atoms with van der Waals surface area (Å²) in [7, 11) is 4.21. The topological polar surface area (TPSA) is 23.5 Å². The molecular formula is C7H17INO-. The predicted octanol–water partition coefficient (Wildman–Crippen LogP) is -2.98. The maximum absolute atomic E-state index is 8.48. The predicted molar refractivity (Wildman–Crippen MR) is 40.0 cm³/mol. The Morgan fingerprint density at radius 1 is 1.30 bits per heavy atom. The molecule has 0 atom stereocenters. The van der Waals surface area contributed by atoms with Crippen LogP contribution < -0.4 is 21.2 Å². The molecule has 0 aromatic rings. The zero-order chi connectivity index (χ0) is 7.82. The van der Waals surface area contributed by atoms with Gasteiger partial charge in [0.25, 0.3) is 0 Å². The molecule has 0 aromatic carbocycles. The molecule has 0 spiro atoms. The van der Waals surface area contributed by atoms with E-state index < -0.39 is 0 Å². The van der Waals surface area contributed by atoms with Crippen LogP contribution in [0.1, 0.15) is 6.42 Å². The van der Waals surface area contributed by atoms with E-state index in [0.717, 1.165) is 6.42 Å². The third-order valence-electron chi connectivity index (χ3n) is 1.09. The van der Waals surface area contributed by atoms with E-state index in [9.17, 15) is 0 Å². The van der Waals surface area contributed by atoms with Crippen LogP contribution in [-0.2, 0) is 0 Å². The van der Waals surface area contributed by atoms with E-state index in [1.54, 1.807) is 0 Å². The molecule has 0 rings (SSSR count). The number of nitrogens with zero attached hydrogens (tertiary/aromatic N) is 1. The molecule has 0 saturated heterocycles. The molecule has 0 bridgehead atoms. The van der Waals surface area contributed by atoms with Gasteiger partial charge in [0, 0.05) is 0 Å². The first kappa shape index (κ1) is 10.7. The minimum atomic E-state index is 0.377. The summed E-state index contributed by atoms with van der Waals surface area (Å²) >= 11 is 0.383. The number of hydrogen-bond donors (Lipinski definition) is 1. The third-order valence-corrected chi connectivity index (χ3v) is 3.86. The monoisotopic (exact) mass is 258 g/mol. The Morgan fingerprint density at radius 2 is 2.00 bits per heavy atom. The number of rotatable bonds is 6. The van der Waals surface area contributed by atoms with Crippen LogP contribution in [0.4, 0.5) is 0 Å². The van der Waals surface area contributed by atoms with Crippen LogP contribution in [0.3, 0.4) is 0 Å². The molecule has 3 heteroatoms. The van der Waals surface area contributed by atoms with Crippen molar-refractivity contribution in [3.8, 4) is 0 Å². The summed E-state index contributed by atoms with van der Waals surface area (Å²) in [6, 6.07) is 0. The molecule has 0 saturated carbocycles. The number of aliphatic hydroxyl groups excluding tert-OH is 1. The Morgan fingerprint density at radius 3 is 2.50 bits per heavy atom. The van der Waals surface area contributed by atoms with Gasteiger partial charge in [-0.3, -0.25) is 0 Å². The molecule has 0 radical (unpaired) electrons. The van der Waals surface area contributed by atoms with Gasteiger partial charge in [0.1, 0.15) is 0 Å². The second kappa shape index (κ2) is 7.75. The zero-order valence-electron chi connectivity index (χ0n) is 6.81. The van der Waals surface area contributed by atoms with Crippen LogP contribution in [0.25, 0.3) is 0 Å². The maximum atomic E-state index is 8.48. The van der Waals surface area contributed by atoms with Gasteiger partial charge in [-0.2, -0.15) is 0 Å². The SMILES string of the molecule is CN(C)CC[I-]CCCO. The van der Waals surface area contributed by atoms with Crippen LogP contribution in [0, 0.1) is 0 Å². The molecule has 2 nitrogen and oxygen atoms in total. The average molecular weight is 258 g/mol. The Kier molecular flexibility index (Phi) is 8.26. The van der Waals surface area contributed by atoms with Crippen molar-refractivity contribution in [2.45, 2.75) is 6.42 Å². The molecule has 1 N–H and O–H groups in total. The van der Waals surface area contributed by atoms with E-state index in [4.69, 9.17) is 5.11 Å². The molecular weight excluding hydrogens is 241 g/mol. The second-order valence-corrected chi connectivity index (χ2v) is 5.68. The fourth-order valence-electron chi connectivity index (χ4n) is 0.478. The molecule has 0 aliphatic carbocycles. The van der Waals surface area contributed by atoms with Gasteiger partial charge in [0.15, 0.2) is 0 Å². The number of aliphatic hydroxyl groups is 1. The molecule has 0 fully saturated rings. The minimum absolute atomic E-state index is 0.377. The number of alkyl halides is 2. The fraction of sp³-hybridized carbons (Fsp3) is 1.00. The van der Waals surface area contributed by atoms with Crippen molar-refractivity contribution in [3.05, 3.63) is 0 Å². The van der Waals surface area contributed by atoms with E-state index in [1.807, 2.05) is 0 Å². The summed E-state index contributed by atoms with van der Waals surface area (Å²) in [4.78, 5) is 2.22. The Labute approximate surface area is 73.9 Å². The average Bonchev–Trinajstić information content (AvgIpc) is 1.87. The van der Waals surface area contributed by atoms with Gasteiger partial charge >= 0.3 is 73.7 Å². The Bertz CT molecular complexity index is 68.6. The van der Waals surface area contributed by atoms with E-state index in [2.05, 4.69) is 19.0 Å². The summed E-state index contributed by atoms with van der Waals surface area (Å²) in [6.07, 6.45) is 1.01. The molecule has 64 valence electrons. The summed E-state index contributed by atoms with van der Waals surface area (Å²) in [6.45, 7) is 1.60. The van der Waals surface area contributed by atoms with E-state index in [1.165, 1.54) is 15.4 Å². The van der Waals surface area contributed by atoms with E-state index in [0.29, 0.717) is 27.8 Å². The molecule has 0 amide bonds. The van der Waals surface area contributed by atoms with Gasteiger partial charge in [0.2, 0.25) is 0 Å². The molecule has 10 heavy (non-hydrogen) atoms. The van der Waals surface area contributed by atoms with Crippen LogP contribution in [0.2, 0.25) is 0 Å². The summed E-state index contributed by atoms with van der Waals surface area (Å²) in [5, 5.41) is 8.48. The molecule has 0 aliphatic rings. The summed E-state index contributed by atoms with van der Waals surface area (Å²) in [5.41, 5.74) is 0. The van der Waals surface area contributed by atoms with Gasteiger partial charge in [-0.25, -0.2) is 0 Å². The van der Waals surface area contributed by atoms with Crippen molar-refractivity contribution < 1.29 is 26.3 Å². The summed E-state index contributed by atoms with van der Waals surface area (Å²) < 4.78 is 2.65. The standard InChI is InChI=1S/C7H17INO/c1-9(2)6-5-8-4-3-7-10/h10H,3-7H2,1-2H3/q-1. The molecule has 0 unspecified atom stereocenters. The van der Waals surface area contributed by atoms with Crippen LogP contribution >= 0.6 is 0 Å². The quantitative estimate of drug-likeness (QED) is 0.312. The first-order chi connectivity index (χ1) is 4.77. The number of halogens is 1. The van der Waals surface area contributed by atoms with Crippen molar-refractivity contribution in [2.75, 3.05) is 36.1 Å². The van der Waals surface area contributed by atoms with Gasteiger partial charge in [-0.15, -0.1) is 0 Å². The van der Waals surface area contributed by atoms with Gasteiger partial charge < -0.3 is 0 Å². The van der Waals surface area contributed by atoms with Crippen molar-refractivity contribution in [3.63, 3.8) is 0 Å². The Balaban J connectivity index is 2.77. The first-order valence-corrected chi connectivity index (χ1v) is 6.61. The molecule has 0 aromatic heterocycles. The van der Waals surface area contributed by atoms with Crippen molar-refractivity contribution in [1.82, 2.24) is 4.90 Å². The fourth-order valence-corrected chi connectivity index (χ4v) is 3.20. The van der Waals surface area contributed by atoms with Crippen molar-refractivity contribution >= 4 is 0 Å². The van der Waals surface area contributed by atoms with E-state index >= 15 is 0 Å². The van der Waals surface area contributed by atoms with Crippen LogP contribution in [0.15, 0.2) is 0 Å². The third kappa shape index (κ3) is 8.65. The molecule has 0 heterocycles. The van der Waals surface area contributed by atoms with E-state index in [-0.39, 0.29) is 0 Å². The number of hydrogen-bond acceptors (Lipinski definition) is 2. The first-order valence-electron chi connectivity index (χ1n) is 3.56. The van der Waals surface area contributed by atoms with Crippen molar-refractivity contribution in [1.29, 1.82) is 0 Å². The van der Waals surface area contributed by atoms with Crippen LogP contribution in [-0.4, -0.2) is 46.1 Å². The van der Waals surface area contributed by atoms with Gasteiger partial charge in [-0.1, -0.05) is 0 Å². The second-order valence-electron chi connectivity index (χ2n) is 2.45.